The van der Waals surface area contributed by atoms with Crippen molar-refractivity contribution >= 4 is 11.8 Å². The molecule has 0 aliphatic carbocycles. The first-order valence-electron chi connectivity index (χ1n) is 4.60. The lowest BCUT2D eigenvalue weighted by Crippen LogP contribution is -2.13. The largest absolute Gasteiger partial charge is 0.375 e. The van der Waals surface area contributed by atoms with Crippen LogP contribution in [0.25, 0.3) is 6.08 Å². The summed E-state index contributed by atoms with van der Waals surface area (Å²) in [5, 5.41) is 0. The lowest BCUT2D eigenvalue weighted by atomic mass is 10.1. The SMILES string of the molecule is CN(C)c1c(/C=C/CN)ccc(F)c1F. The smallest absolute Gasteiger partial charge is 0.182 e. The van der Waals surface area contributed by atoms with Gasteiger partial charge in [-0.3, -0.25) is 0 Å². The van der Waals surface area contributed by atoms with E-state index in [1.165, 1.54) is 11.0 Å². The second-order valence-electron chi connectivity index (χ2n) is 3.33. The first-order chi connectivity index (χ1) is 7.07. The molecule has 2 N–H and O–H groups in total. The first kappa shape index (κ1) is 11.7. The van der Waals surface area contributed by atoms with Crippen molar-refractivity contribution in [2.24, 2.45) is 5.73 Å². The second-order valence-corrected chi connectivity index (χ2v) is 3.33. The highest BCUT2D eigenvalue weighted by atomic mass is 19.2. The molecule has 0 unspecified atom stereocenters. The van der Waals surface area contributed by atoms with E-state index in [0.717, 1.165) is 6.07 Å². The van der Waals surface area contributed by atoms with Crippen molar-refractivity contribution < 1.29 is 8.78 Å². The lowest BCUT2D eigenvalue weighted by molar-refractivity contribution is 0.508. The quantitative estimate of drug-likeness (QED) is 0.830. The Morgan fingerprint density at radius 3 is 2.53 bits per heavy atom. The molecule has 0 saturated heterocycles. The Balaban J connectivity index is 3.27. The molecule has 0 aliphatic heterocycles. The van der Waals surface area contributed by atoms with Gasteiger partial charge in [-0.25, -0.2) is 8.78 Å². The zero-order valence-electron chi connectivity index (χ0n) is 8.80. The molecule has 0 aromatic heterocycles. The number of benzene rings is 1. The van der Waals surface area contributed by atoms with E-state index < -0.39 is 11.6 Å². The van der Waals surface area contributed by atoms with Crippen molar-refractivity contribution in [2.75, 3.05) is 25.5 Å². The normalized spacial score (nSPS) is 11.0. The van der Waals surface area contributed by atoms with Gasteiger partial charge in [0.25, 0.3) is 0 Å². The second kappa shape index (κ2) is 4.89. The van der Waals surface area contributed by atoms with E-state index in [0.29, 0.717) is 12.1 Å². The predicted octanol–water partition coefficient (Wildman–Crippen LogP) is 2.00. The van der Waals surface area contributed by atoms with Crippen molar-refractivity contribution in [3.63, 3.8) is 0 Å². The summed E-state index contributed by atoms with van der Waals surface area (Å²) >= 11 is 0. The molecule has 0 atom stereocenters. The summed E-state index contributed by atoms with van der Waals surface area (Å²) in [6.07, 6.45) is 3.37. The molecule has 15 heavy (non-hydrogen) atoms. The molecule has 0 amide bonds. The minimum absolute atomic E-state index is 0.236. The Hall–Kier alpha value is -1.42. The van der Waals surface area contributed by atoms with E-state index in [1.54, 1.807) is 26.2 Å². The number of anilines is 1. The van der Waals surface area contributed by atoms with Crippen LogP contribution in [0, 0.1) is 11.6 Å². The minimum Gasteiger partial charge on any atom is -0.375 e. The highest BCUT2D eigenvalue weighted by Crippen LogP contribution is 2.25. The third kappa shape index (κ3) is 2.53. The van der Waals surface area contributed by atoms with Crippen LogP contribution in [0.1, 0.15) is 5.56 Å². The van der Waals surface area contributed by atoms with E-state index in [-0.39, 0.29) is 5.69 Å². The van der Waals surface area contributed by atoms with E-state index in [9.17, 15) is 8.78 Å². The highest BCUT2D eigenvalue weighted by Gasteiger charge is 2.13. The van der Waals surface area contributed by atoms with Crippen LogP contribution in [0.3, 0.4) is 0 Å². The van der Waals surface area contributed by atoms with Gasteiger partial charge in [0.1, 0.15) is 0 Å². The predicted molar refractivity (Wildman–Crippen MR) is 58.8 cm³/mol. The fourth-order valence-corrected chi connectivity index (χ4v) is 1.34. The molecule has 82 valence electrons. The van der Waals surface area contributed by atoms with Crippen molar-refractivity contribution in [1.82, 2.24) is 0 Å². The summed E-state index contributed by atoms with van der Waals surface area (Å²) in [4.78, 5) is 1.54. The van der Waals surface area contributed by atoms with Gasteiger partial charge in [0.15, 0.2) is 11.6 Å². The molecule has 2 nitrogen and oxygen atoms in total. The van der Waals surface area contributed by atoms with Crippen molar-refractivity contribution in [3.05, 3.63) is 35.4 Å². The van der Waals surface area contributed by atoms with Crippen LogP contribution < -0.4 is 10.6 Å². The third-order valence-electron chi connectivity index (χ3n) is 1.98. The molecule has 0 saturated carbocycles. The van der Waals surface area contributed by atoms with Crippen LogP contribution in [0.15, 0.2) is 18.2 Å². The van der Waals surface area contributed by atoms with Gasteiger partial charge in [-0.1, -0.05) is 12.2 Å². The van der Waals surface area contributed by atoms with Crippen LogP contribution in [0.4, 0.5) is 14.5 Å². The van der Waals surface area contributed by atoms with Crippen LogP contribution in [-0.2, 0) is 0 Å². The summed E-state index contributed by atoms with van der Waals surface area (Å²) < 4.78 is 26.4. The van der Waals surface area contributed by atoms with Crippen molar-refractivity contribution in [2.45, 2.75) is 0 Å². The van der Waals surface area contributed by atoms with E-state index in [1.807, 2.05) is 0 Å². The zero-order chi connectivity index (χ0) is 11.4. The maximum Gasteiger partial charge on any atom is 0.182 e. The Morgan fingerprint density at radius 2 is 2.00 bits per heavy atom. The van der Waals surface area contributed by atoms with Gasteiger partial charge in [0.05, 0.1) is 5.69 Å². The van der Waals surface area contributed by atoms with Gasteiger partial charge < -0.3 is 10.6 Å². The van der Waals surface area contributed by atoms with Crippen LogP contribution >= 0.6 is 0 Å². The molecule has 1 aromatic carbocycles. The molecular weight excluding hydrogens is 198 g/mol. The summed E-state index contributed by atoms with van der Waals surface area (Å²) in [7, 11) is 3.33. The monoisotopic (exact) mass is 212 g/mol. The Labute approximate surface area is 88.0 Å². The lowest BCUT2D eigenvalue weighted by Gasteiger charge is -2.16. The van der Waals surface area contributed by atoms with Gasteiger partial charge in [-0.15, -0.1) is 0 Å². The molecular formula is C11H14F2N2. The van der Waals surface area contributed by atoms with Gasteiger partial charge >= 0.3 is 0 Å². The third-order valence-corrected chi connectivity index (χ3v) is 1.98. The first-order valence-corrected chi connectivity index (χ1v) is 4.60. The standard InChI is InChI=1S/C11H14F2N2/c1-15(2)11-8(4-3-7-14)5-6-9(12)10(11)13/h3-6H,7,14H2,1-2H3/b4-3+. The number of nitrogens with two attached hydrogens (primary N) is 1. The maximum atomic E-state index is 13.5. The van der Waals surface area contributed by atoms with E-state index >= 15 is 0 Å². The van der Waals surface area contributed by atoms with E-state index in [4.69, 9.17) is 5.73 Å². The molecule has 0 fully saturated rings. The fraction of sp³-hybridized carbons (Fsp3) is 0.273. The summed E-state index contributed by atoms with van der Waals surface area (Å²) in [6, 6.07) is 2.64. The van der Waals surface area contributed by atoms with Crippen molar-refractivity contribution in [3.8, 4) is 0 Å². The van der Waals surface area contributed by atoms with Crippen LogP contribution in [-0.4, -0.2) is 20.6 Å². The molecule has 1 rings (SSSR count). The van der Waals surface area contributed by atoms with E-state index in [2.05, 4.69) is 0 Å². The molecule has 1 aromatic rings. The molecule has 0 radical (unpaired) electrons. The Bertz CT molecular complexity index is 373. The summed E-state index contributed by atoms with van der Waals surface area (Å²) in [5.41, 5.74) is 6.15. The number of hydrogen-bond donors (Lipinski definition) is 1. The molecule has 0 spiro atoms. The topological polar surface area (TPSA) is 29.3 Å². The van der Waals surface area contributed by atoms with Crippen LogP contribution in [0.5, 0.6) is 0 Å². The number of hydrogen-bond acceptors (Lipinski definition) is 2. The summed E-state index contributed by atoms with van der Waals surface area (Å²) in [6.45, 7) is 0.367. The average Bonchev–Trinajstić information content (AvgIpc) is 2.19. The summed E-state index contributed by atoms with van der Waals surface area (Å²) in [5.74, 6) is -1.68. The molecule has 4 heteroatoms. The Kier molecular flexibility index (Phi) is 3.80. The van der Waals surface area contributed by atoms with Gasteiger partial charge in [0, 0.05) is 26.2 Å². The van der Waals surface area contributed by atoms with Crippen molar-refractivity contribution in [1.29, 1.82) is 0 Å². The number of nitrogens with zero attached hydrogens (tertiary/aromatic N) is 1. The molecule has 0 aliphatic rings. The van der Waals surface area contributed by atoms with Gasteiger partial charge in [0.2, 0.25) is 0 Å². The van der Waals surface area contributed by atoms with Crippen LogP contribution in [0.2, 0.25) is 0 Å². The maximum absolute atomic E-state index is 13.5. The fourth-order valence-electron chi connectivity index (χ4n) is 1.34. The number of halogens is 2. The minimum atomic E-state index is -0.844. The van der Waals surface area contributed by atoms with Gasteiger partial charge in [-0.2, -0.15) is 0 Å². The Morgan fingerprint density at radius 1 is 1.33 bits per heavy atom. The average molecular weight is 212 g/mol. The number of rotatable bonds is 3. The van der Waals surface area contributed by atoms with Gasteiger partial charge in [-0.05, 0) is 12.1 Å². The highest BCUT2D eigenvalue weighted by molar-refractivity contribution is 5.68. The zero-order valence-corrected chi connectivity index (χ0v) is 8.80. The molecule has 0 heterocycles. The molecule has 0 bridgehead atoms.